The lowest BCUT2D eigenvalue weighted by Gasteiger charge is -1.98. The van der Waals surface area contributed by atoms with Gasteiger partial charge in [0.05, 0.1) is 10.1 Å². The number of rotatable bonds is 3. The molecule has 0 spiro atoms. The number of aromatic nitrogens is 1. The molecule has 0 aliphatic rings. The minimum absolute atomic E-state index is 0.342. The number of fused-ring (bicyclic) bond motifs is 1. The summed E-state index contributed by atoms with van der Waals surface area (Å²) in [5.74, 6) is -0.681. The van der Waals surface area contributed by atoms with Gasteiger partial charge in [-0.05, 0) is 29.7 Å². The highest BCUT2D eigenvalue weighted by atomic mass is 35.5. The Labute approximate surface area is 94.2 Å². The standard InChI is InChI=1S/C9H6ClNO3S/c10-5-1-2-6-7(3-5)15-11-9(6)14-4-8(12)13/h1-3H,4H2,(H,12,13). The fourth-order valence-electron chi connectivity index (χ4n) is 1.12. The quantitative estimate of drug-likeness (QED) is 0.899. The van der Waals surface area contributed by atoms with Gasteiger partial charge < -0.3 is 9.84 Å². The minimum atomic E-state index is -1.02. The van der Waals surface area contributed by atoms with Gasteiger partial charge >= 0.3 is 5.97 Å². The van der Waals surface area contributed by atoms with Gasteiger partial charge in [-0.3, -0.25) is 0 Å². The van der Waals surface area contributed by atoms with Crippen LogP contribution in [0.4, 0.5) is 0 Å². The Hall–Kier alpha value is -1.33. The first-order chi connectivity index (χ1) is 7.16. The van der Waals surface area contributed by atoms with E-state index in [4.69, 9.17) is 21.4 Å². The molecule has 6 heteroatoms. The van der Waals surface area contributed by atoms with E-state index in [-0.39, 0.29) is 6.61 Å². The molecular weight excluding hydrogens is 238 g/mol. The average molecular weight is 244 g/mol. The number of halogens is 1. The lowest BCUT2D eigenvalue weighted by atomic mass is 10.3. The summed E-state index contributed by atoms with van der Waals surface area (Å²) in [6.45, 7) is -0.387. The molecule has 2 rings (SSSR count). The first-order valence-corrected chi connectivity index (χ1v) is 5.21. The van der Waals surface area contributed by atoms with Crippen molar-refractivity contribution in [3.8, 4) is 5.88 Å². The molecule has 0 aliphatic heterocycles. The first-order valence-electron chi connectivity index (χ1n) is 4.06. The molecule has 0 saturated heterocycles. The number of hydrogen-bond donors (Lipinski definition) is 1. The fraction of sp³-hybridized carbons (Fsp3) is 0.111. The summed E-state index contributed by atoms with van der Waals surface area (Å²) >= 11 is 7.03. The molecule has 1 heterocycles. The van der Waals surface area contributed by atoms with Gasteiger partial charge in [0, 0.05) is 5.02 Å². The van der Waals surface area contributed by atoms with Crippen molar-refractivity contribution in [2.24, 2.45) is 0 Å². The van der Waals surface area contributed by atoms with E-state index in [9.17, 15) is 4.79 Å². The van der Waals surface area contributed by atoms with Crippen molar-refractivity contribution in [1.29, 1.82) is 0 Å². The Morgan fingerprint density at radius 2 is 2.40 bits per heavy atom. The second kappa shape index (κ2) is 4.04. The van der Waals surface area contributed by atoms with Gasteiger partial charge in [-0.1, -0.05) is 11.6 Å². The van der Waals surface area contributed by atoms with Crippen LogP contribution in [0.25, 0.3) is 10.1 Å². The second-order valence-electron chi connectivity index (χ2n) is 2.81. The van der Waals surface area contributed by atoms with E-state index in [0.717, 1.165) is 10.1 Å². The van der Waals surface area contributed by atoms with E-state index < -0.39 is 5.97 Å². The molecule has 2 aromatic rings. The summed E-state index contributed by atoms with van der Waals surface area (Å²) < 4.78 is 9.90. The van der Waals surface area contributed by atoms with Gasteiger partial charge in [0.15, 0.2) is 6.61 Å². The SMILES string of the molecule is O=C(O)COc1nsc2cc(Cl)ccc12. The third kappa shape index (κ3) is 2.19. The Morgan fingerprint density at radius 1 is 1.60 bits per heavy atom. The van der Waals surface area contributed by atoms with Crippen molar-refractivity contribution in [3.05, 3.63) is 23.2 Å². The molecular formula is C9H6ClNO3S. The molecule has 4 nitrogen and oxygen atoms in total. The molecule has 1 aromatic carbocycles. The number of benzene rings is 1. The summed E-state index contributed by atoms with van der Waals surface area (Å²) in [5.41, 5.74) is 0. The van der Waals surface area contributed by atoms with Gasteiger partial charge in [0.1, 0.15) is 0 Å². The van der Waals surface area contributed by atoms with Gasteiger partial charge in [-0.2, -0.15) is 4.37 Å². The number of carboxylic acid groups (broad SMARTS) is 1. The Balaban J connectivity index is 2.32. The number of aliphatic carboxylic acids is 1. The Morgan fingerprint density at radius 3 is 3.13 bits per heavy atom. The van der Waals surface area contributed by atoms with Crippen molar-refractivity contribution in [2.75, 3.05) is 6.61 Å². The maximum atomic E-state index is 10.3. The number of nitrogens with zero attached hydrogens (tertiary/aromatic N) is 1. The van der Waals surface area contributed by atoms with E-state index in [1.807, 2.05) is 0 Å². The average Bonchev–Trinajstić information content (AvgIpc) is 2.57. The van der Waals surface area contributed by atoms with Crippen molar-refractivity contribution in [2.45, 2.75) is 0 Å². The molecule has 15 heavy (non-hydrogen) atoms. The molecule has 0 amide bonds. The monoisotopic (exact) mass is 243 g/mol. The zero-order chi connectivity index (χ0) is 10.8. The van der Waals surface area contributed by atoms with E-state index in [2.05, 4.69) is 4.37 Å². The van der Waals surface area contributed by atoms with Crippen LogP contribution in [0.3, 0.4) is 0 Å². The van der Waals surface area contributed by atoms with Crippen LogP contribution in [0.5, 0.6) is 5.88 Å². The molecule has 78 valence electrons. The third-order valence-electron chi connectivity index (χ3n) is 1.73. The molecule has 0 aliphatic carbocycles. The topological polar surface area (TPSA) is 59.4 Å². The van der Waals surface area contributed by atoms with Crippen molar-refractivity contribution in [1.82, 2.24) is 4.37 Å². The summed E-state index contributed by atoms with van der Waals surface area (Å²) in [4.78, 5) is 10.3. The van der Waals surface area contributed by atoms with Gasteiger partial charge in [-0.15, -0.1) is 0 Å². The highest BCUT2D eigenvalue weighted by Gasteiger charge is 2.08. The summed E-state index contributed by atoms with van der Waals surface area (Å²) in [5, 5.41) is 9.86. The third-order valence-corrected chi connectivity index (χ3v) is 2.76. The normalized spacial score (nSPS) is 10.5. The number of carboxylic acids is 1. The van der Waals surface area contributed by atoms with Crippen LogP contribution in [0.2, 0.25) is 5.02 Å². The van der Waals surface area contributed by atoms with Crippen LogP contribution in [0.1, 0.15) is 0 Å². The fourth-order valence-corrected chi connectivity index (χ4v) is 2.12. The summed E-state index contributed by atoms with van der Waals surface area (Å²) in [6.07, 6.45) is 0. The first kappa shape index (κ1) is 10.2. The van der Waals surface area contributed by atoms with Gasteiger partial charge in [0.2, 0.25) is 5.88 Å². The van der Waals surface area contributed by atoms with Crippen LogP contribution in [-0.4, -0.2) is 22.1 Å². The Bertz CT molecular complexity index is 511. The van der Waals surface area contributed by atoms with Gasteiger partial charge in [0.25, 0.3) is 0 Å². The van der Waals surface area contributed by atoms with E-state index in [0.29, 0.717) is 10.9 Å². The largest absolute Gasteiger partial charge is 0.479 e. The molecule has 0 fully saturated rings. The molecule has 1 aromatic heterocycles. The number of ether oxygens (including phenoxy) is 1. The molecule has 0 radical (unpaired) electrons. The van der Waals surface area contributed by atoms with E-state index in [1.54, 1.807) is 18.2 Å². The van der Waals surface area contributed by atoms with Crippen molar-refractivity contribution >= 4 is 39.2 Å². The Kier molecular flexibility index (Phi) is 2.75. The van der Waals surface area contributed by atoms with Crippen LogP contribution >= 0.6 is 23.1 Å². The van der Waals surface area contributed by atoms with Gasteiger partial charge in [-0.25, -0.2) is 4.79 Å². The zero-order valence-corrected chi connectivity index (χ0v) is 9.01. The van der Waals surface area contributed by atoms with Crippen molar-refractivity contribution in [3.63, 3.8) is 0 Å². The lowest BCUT2D eigenvalue weighted by molar-refractivity contribution is -0.139. The highest BCUT2D eigenvalue weighted by molar-refractivity contribution is 7.13. The maximum Gasteiger partial charge on any atom is 0.341 e. The molecule has 0 saturated carbocycles. The smallest absolute Gasteiger partial charge is 0.341 e. The molecule has 0 atom stereocenters. The molecule has 0 unspecified atom stereocenters. The van der Waals surface area contributed by atoms with Crippen molar-refractivity contribution < 1.29 is 14.6 Å². The minimum Gasteiger partial charge on any atom is -0.479 e. The maximum absolute atomic E-state index is 10.3. The lowest BCUT2D eigenvalue weighted by Crippen LogP contribution is -2.09. The van der Waals surface area contributed by atoms with Crippen LogP contribution in [0, 0.1) is 0 Å². The second-order valence-corrected chi connectivity index (χ2v) is 4.05. The van der Waals surface area contributed by atoms with Crippen LogP contribution in [0.15, 0.2) is 18.2 Å². The number of hydrogen-bond acceptors (Lipinski definition) is 4. The van der Waals surface area contributed by atoms with E-state index >= 15 is 0 Å². The van der Waals surface area contributed by atoms with Crippen LogP contribution < -0.4 is 4.74 Å². The number of carbonyl (C=O) groups is 1. The zero-order valence-electron chi connectivity index (χ0n) is 7.44. The summed E-state index contributed by atoms with van der Waals surface area (Å²) in [6, 6.07) is 5.24. The summed E-state index contributed by atoms with van der Waals surface area (Å²) in [7, 11) is 0. The predicted octanol–water partition coefficient (Wildman–Crippen LogP) is 2.41. The highest BCUT2D eigenvalue weighted by Crippen LogP contribution is 2.30. The molecule has 0 bridgehead atoms. The predicted molar refractivity (Wildman–Crippen MR) is 57.8 cm³/mol. The molecule has 1 N–H and O–H groups in total. The van der Waals surface area contributed by atoms with Crippen LogP contribution in [-0.2, 0) is 4.79 Å². The van der Waals surface area contributed by atoms with E-state index in [1.165, 1.54) is 11.5 Å².